The summed E-state index contributed by atoms with van der Waals surface area (Å²) >= 11 is 0. The van der Waals surface area contributed by atoms with Crippen LogP contribution in [0.1, 0.15) is 39.5 Å². The van der Waals surface area contributed by atoms with E-state index in [0.29, 0.717) is 25.4 Å². The normalized spacial score (nSPS) is 27.3. The Morgan fingerprint density at radius 2 is 2.05 bits per heavy atom. The quantitative estimate of drug-likeness (QED) is 0.838. The lowest BCUT2D eigenvalue weighted by Gasteiger charge is -2.20. The molecule has 1 heterocycles. The molecule has 2 bridgehead atoms. The molecule has 0 saturated heterocycles. The molecule has 1 aromatic heterocycles. The molecule has 7 nitrogen and oxygen atoms in total. The summed E-state index contributed by atoms with van der Waals surface area (Å²) in [6.45, 7) is 4.82. The van der Waals surface area contributed by atoms with Crippen LogP contribution in [0.2, 0.25) is 0 Å². The van der Waals surface area contributed by atoms with E-state index in [1.54, 1.807) is 4.90 Å². The molecule has 2 saturated carbocycles. The van der Waals surface area contributed by atoms with Crippen LogP contribution in [0.25, 0.3) is 0 Å². The molecule has 0 spiro atoms. The second-order valence-electron chi connectivity index (χ2n) is 6.18. The van der Waals surface area contributed by atoms with Gasteiger partial charge in [-0.3, -0.25) is 0 Å². The third-order valence-electron chi connectivity index (χ3n) is 5.03. The number of rotatable bonds is 4. The second-order valence-corrected chi connectivity index (χ2v) is 8.25. The fraction of sp³-hybridized carbons (Fsp3) is 0.786. The van der Waals surface area contributed by atoms with Crippen LogP contribution >= 0.6 is 0 Å². The van der Waals surface area contributed by atoms with Gasteiger partial charge in [0.15, 0.2) is 0 Å². The largest absolute Gasteiger partial charge is 0.346 e. The zero-order valence-corrected chi connectivity index (χ0v) is 13.8. The highest BCUT2D eigenvalue weighted by Crippen LogP contribution is 2.48. The van der Waals surface area contributed by atoms with Crippen molar-refractivity contribution >= 4 is 15.9 Å². The first-order valence-corrected chi connectivity index (χ1v) is 9.46. The number of aromatic nitrogens is 3. The number of hydrogen-bond acceptors (Lipinski definition) is 5. The first kappa shape index (κ1) is 15.5. The summed E-state index contributed by atoms with van der Waals surface area (Å²) in [5, 5.41) is 3.38. The van der Waals surface area contributed by atoms with Crippen LogP contribution in [0.4, 0.5) is 4.79 Å². The minimum absolute atomic E-state index is 0.203. The van der Waals surface area contributed by atoms with Gasteiger partial charge >= 0.3 is 6.03 Å². The van der Waals surface area contributed by atoms with Gasteiger partial charge in [0.1, 0.15) is 6.33 Å². The van der Waals surface area contributed by atoms with Crippen molar-refractivity contribution < 1.29 is 13.2 Å². The van der Waals surface area contributed by atoms with E-state index in [9.17, 15) is 13.2 Å². The highest BCUT2D eigenvalue weighted by Gasteiger charge is 2.47. The molecule has 22 heavy (non-hydrogen) atoms. The molecule has 3 rings (SSSR count). The molecule has 0 N–H and O–H groups in total. The summed E-state index contributed by atoms with van der Waals surface area (Å²) in [5.41, 5.74) is 0. The van der Waals surface area contributed by atoms with Crippen molar-refractivity contribution in [3.05, 3.63) is 6.33 Å². The lowest BCUT2D eigenvalue weighted by atomic mass is 10.0. The minimum atomic E-state index is -3.54. The van der Waals surface area contributed by atoms with Gasteiger partial charge in [-0.15, -0.1) is 5.10 Å². The standard InChI is InChI=1S/C14H22N4O3S/c1-3-17(4-2)14(19)18-9-15-13(16-18)22(20,21)12-8-10-5-6-11(12)7-10/h9-12H,3-8H2,1-2H3/t10-,11+,12+/m0/s1. The van der Waals surface area contributed by atoms with Crippen LogP contribution in [-0.2, 0) is 9.84 Å². The third kappa shape index (κ3) is 2.43. The molecule has 1 aromatic rings. The molecule has 0 unspecified atom stereocenters. The maximum Gasteiger partial charge on any atom is 0.346 e. The molecule has 3 atom stereocenters. The van der Waals surface area contributed by atoms with Crippen LogP contribution in [0.5, 0.6) is 0 Å². The summed E-state index contributed by atoms with van der Waals surface area (Å²) in [6, 6.07) is -0.341. The molecule has 0 radical (unpaired) electrons. The average molecular weight is 326 g/mol. The number of hydrogen-bond donors (Lipinski definition) is 0. The summed E-state index contributed by atoms with van der Waals surface area (Å²) < 4.78 is 26.4. The zero-order valence-electron chi connectivity index (χ0n) is 13.0. The van der Waals surface area contributed by atoms with Crippen molar-refractivity contribution in [1.82, 2.24) is 19.7 Å². The van der Waals surface area contributed by atoms with Gasteiger partial charge in [0.2, 0.25) is 9.84 Å². The number of fused-ring (bicyclic) bond motifs is 2. The molecule has 1 amide bonds. The molecular weight excluding hydrogens is 304 g/mol. The molecule has 2 aliphatic rings. The van der Waals surface area contributed by atoms with Gasteiger partial charge in [-0.1, -0.05) is 6.42 Å². The van der Waals surface area contributed by atoms with Gasteiger partial charge in [0, 0.05) is 13.1 Å². The third-order valence-corrected chi connectivity index (χ3v) is 7.10. The maximum absolute atomic E-state index is 12.7. The minimum Gasteiger partial charge on any atom is -0.323 e. The molecule has 2 aliphatic carbocycles. The molecule has 2 fully saturated rings. The van der Waals surface area contributed by atoms with E-state index >= 15 is 0 Å². The van der Waals surface area contributed by atoms with E-state index in [0.717, 1.165) is 23.9 Å². The lowest BCUT2D eigenvalue weighted by molar-refractivity contribution is 0.201. The van der Waals surface area contributed by atoms with Crippen molar-refractivity contribution in [2.24, 2.45) is 11.8 Å². The van der Waals surface area contributed by atoms with Crippen LogP contribution in [0.3, 0.4) is 0 Å². The predicted molar refractivity (Wildman–Crippen MR) is 80.2 cm³/mol. The summed E-state index contributed by atoms with van der Waals surface area (Å²) in [5.74, 6) is 0.768. The van der Waals surface area contributed by atoms with Gasteiger partial charge in [0.05, 0.1) is 5.25 Å². The molecule has 8 heteroatoms. The highest BCUT2D eigenvalue weighted by molar-refractivity contribution is 7.91. The molecule has 0 aliphatic heterocycles. The van der Waals surface area contributed by atoms with Gasteiger partial charge in [-0.2, -0.15) is 4.68 Å². The van der Waals surface area contributed by atoms with Crippen molar-refractivity contribution in [3.63, 3.8) is 0 Å². The molecular formula is C14H22N4O3S. The van der Waals surface area contributed by atoms with Crippen molar-refractivity contribution in [3.8, 4) is 0 Å². The fourth-order valence-corrected chi connectivity index (χ4v) is 5.76. The SMILES string of the molecule is CCN(CC)C(=O)n1cnc(S(=O)(=O)[C@@H]2C[C@H]3CC[C@@H]2C3)n1. The van der Waals surface area contributed by atoms with Crippen molar-refractivity contribution in [2.75, 3.05) is 13.1 Å². The van der Waals surface area contributed by atoms with Crippen molar-refractivity contribution in [1.29, 1.82) is 0 Å². The summed E-state index contributed by atoms with van der Waals surface area (Å²) in [7, 11) is -3.54. The topological polar surface area (TPSA) is 85.2 Å². The Morgan fingerprint density at radius 3 is 2.59 bits per heavy atom. The number of amides is 1. The van der Waals surface area contributed by atoms with E-state index < -0.39 is 9.84 Å². The van der Waals surface area contributed by atoms with Gasteiger partial charge in [-0.25, -0.2) is 18.2 Å². The van der Waals surface area contributed by atoms with Gasteiger partial charge < -0.3 is 4.90 Å². The maximum atomic E-state index is 12.7. The number of carbonyl (C=O) groups is 1. The highest BCUT2D eigenvalue weighted by atomic mass is 32.2. The second kappa shape index (κ2) is 5.64. The van der Waals surface area contributed by atoms with Crippen LogP contribution in [0.15, 0.2) is 11.5 Å². The summed E-state index contributed by atoms with van der Waals surface area (Å²) in [6.07, 6.45) is 5.04. The summed E-state index contributed by atoms with van der Waals surface area (Å²) in [4.78, 5) is 17.7. The Kier molecular flexibility index (Phi) is 3.96. The first-order chi connectivity index (χ1) is 10.5. The van der Waals surface area contributed by atoms with E-state index in [1.165, 1.54) is 6.33 Å². The number of carbonyl (C=O) groups excluding carboxylic acids is 1. The van der Waals surface area contributed by atoms with E-state index in [1.807, 2.05) is 13.8 Å². The van der Waals surface area contributed by atoms with Gasteiger partial charge in [-0.05, 0) is 44.9 Å². The Morgan fingerprint density at radius 1 is 1.32 bits per heavy atom. The Hall–Kier alpha value is -1.44. The first-order valence-electron chi connectivity index (χ1n) is 7.92. The Labute approximate surface area is 130 Å². The number of nitrogens with zero attached hydrogens (tertiary/aromatic N) is 4. The van der Waals surface area contributed by atoms with Gasteiger partial charge in [0.25, 0.3) is 5.16 Å². The van der Waals surface area contributed by atoms with Crippen LogP contribution < -0.4 is 0 Å². The zero-order chi connectivity index (χ0) is 15.9. The van der Waals surface area contributed by atoms with E-state index in [-0.39, 0.29) is 22.4 Å². The van der Waals surface area contributed by atoms with E-state index in [2.05, 4.69) is 10.1 Å². The predicted octanol–water partition coefficient (Wildman–Crippen LogP) is 1.55. The average Bonchev–Trinajstić information content (AvgIpc) is 3.24. The van der Waals surface area contributed by atoms with Crippen molar-refractivity contribution in [2.45, 2.75) is 49.9 Å². The smallest absolute Gasteiger partial charge is 0.323 e. The van der Waals surface area contributed by atoms with Crippen LogP contribution in [-0.4, -0.2) is 52.5 Å². The lowest BCUT2D eigenvalue weighted by Crippen LogP contribution is -2.35. The monoisotopic (exact) mass is 326 g/mol. The van der Waals surface area contributed by atoms with E-state index in [4.69, 9.17) is 0 Å². The number of sulfone groups is 1. The molecule has 0 aromatic carbocycles. The molecule has 122 valence electrons. The Balaban J connectivity index is 1.82. The fourth-order valence-electron chi connectivity index (χ4n) is 3.81. The van der Waals surface area contributed by atoms with Crippen LogP contribution in [0, 0.1) is 11.8 Å². The Bertz CT molecular complexity index is 665.